The zero-order valence-corrected chi connectivity index (χ0v) is 10.1. The molecule has 0 bridgehead atoms. The number of benzene rings is 1. The molecule has 0 radical (unpaired) electrons. The summed E-state index contributed by atoms with van der Waals surface area (Å²) in [7, 11) is 0. The van der Waals surface area contributed by atoms with Gasteiger partial charge in [-0.25, -0.2) is 4.79 Å². The summed E-state index contributed by atoms with van der Waals surface area (Å²) >= 11 is 0. The Morgan fingerprint density at radius 3 is 2.88 bits per heavy atom. The van der Waals surface area contributed by atoms with Crippen LogP contribution >= 0.6 is 0 Å². The summed E-state index contributed by atoms with van der Waals surface area (Å²) in [5, 5.41) is 9.14. The molecule has 0 heterocycles. The van der Waals surface area contributed by atoms with Crippen LogP contribution in [0.15, 0.2) is 30.9 Å². The van der Waals surface area contributed by atoms with Gasteiger partial charge in [-0.15, -0.1) is 6.58 Å². The van der Waals surface area contributed by atoms with Crippen molar-refractivity contribution in [2.24, 2.45) is 0 Å². The number of carboxylic acid groups (broad SMARTS) is 1. The first kappa shape index (κ1) is 13.5. The molecule has 0 aliphatic carbocycles. The van der Waals surface area contributed by atoms with E-state index < -0.39 is 5.97 Å². The Morgan fingerprint density at radius 2 is 2.29 bits per heavy atom. The van der Waals surface area contributed by atoms with Gasteiger partial charge in [0.25, 0.3) is 0 Å². The molecule has 0 aliphatic rings. The Bertz CT molecular complexity index is 396. The van der Waals surface area contributed by atoms with E-state index in [0.717, 1.165) is 24.0 Å². The molecule has 0 amide bonds. The van der Waals surface area contributed by atoms with Gasteiger partial charge in [0, 0.05) is 0 Å². The van der Waals surface area contributed by atoms with E-state index >= 15 is 0 Å². The summed E-state index contributed by atoms with van der Waals surface area (Å²) in [6, 6.07) is 5.36. The molecule has 1 aromatic rings. The molecule has 0 spiro atoms. The van der Waals surface area contributed by atoms with E-state index in [1.807, 2.05) is 6.07 Å². The lowest BCUT2D eigenvalue weighted by Crippen LogP contribution is -2.08. The van der Waals surface area contributed by atoms with Crippen LogP contribution in [0.5, 0.6) is 0 Å². The van der Waals surface area contributed by atoms with Crippen LogP contribution in [0.1, 0.15) is 34.8 Å². The van der Waals surface area contributed by atoms with E-state index in [0.29, 0.717) is 18.8 Å². The number of aryl methyl sites for hydroxylation is 1. The van der Waals surface area contributed by atoms with Gasteiger partial charge in [0.1, 0.15) is 0 Å². The predicted octanol–water partition coefficient (Wildman–Crippen LogP) is 3.04. The van der Waals surface area contributed by atoms with E-state index in [1.165, 1.54) is 0 Å². The molecule has 0 fully saturated rings. The molecule has 0 saturated heterocycles. The van der Waals surface area contributed by atoms with Crippen LogP contribution in [0.2, 0.25) is 0 Å². The monoisotopic (exact) mass is 234 g/mol. The summed E-state index contributed by atoms with van der Waals surface area (Å²) in [5.41, 5.74) is 2.17. The Hall–Kier alpha value is -1.61. The van der Waals surface area contributed by atoms with Gasteiger partial charge in [-0.3, -0.25) is 0 Å². The minimum absolute atomic E-state index is 0.323. The minimum atomic E-state index is -0.903. The summed E-state index contributed by atoms with van der Waals surface area (Å²) in [6.45, 7) is 6.39. The predicted molar refractivity (Wildman–Crippen MR) is 67.2 cm³/mol. The number of ether oxygens (including phenoxy) is 1. The fourth-order valence-corrected chi connectivity index (χ4v) is 1.75. The second-order valence-electron chi connectivity index (χ2n) is 3.80. The van der Waals surface area contributed by atoms with Crippen molar-refractivity contribution in [3.63, 3.8) is 0 Å². The van der Waals surface area contributed by atoms with Gasteiger partial charge in [-0.2, -0.15) is 0 Å². The lowest BCUT2D eigenvalue weighted by molar-refractivity contribution is 0.0689. The standard InChI is InChI=1S/C14H18O3/c1-3-6-11-7-5-8-12(14(15)16)13(11)10-17-9-4-2/h4-5,7-8H,2-3,6,9-10H2,1H3,(H,15,16). The highest BCUT2D eigenvalue weighted by Crippen LogP contribution is 2.18. The number of carboxylic acids is 1. The summed E-state index contributed by atoms with van der Waals surface area (Å²) in [6.07, 6.45) is 3.51. The van der Waals surface area contributed by atoms with Crippen LogP contribution in [0, 0.1) is 0 Å². The normalized spacial score (nSPS) is 10.2. The second kappa shape index (κ2) is 6.86. The summed E-state index contributed by atoms with van der Waals surface area (Å²) < 4.78 is 5.37. The van der Waals surface area contributed by atoms with Crippen LogP contribution in [-0.2, 0) is 17.8 Å². The average molecular weight is 234 g/mol. The van der Waals surface area contributed by atoms with Gasteiger partial charge in [0.2, 0.25) is 0 Å². The van der Waals surface area contributed by atoms with Gasteiger partial charge in [-0.1, -0.05) is 31.6 Å². The molecule has 0 saturated carbocycles. The summed E-state index contributed by atoms with van der Waals surface area (Å²) in [5.74, 6) is -0.903. The minimum Gasteiger partial charge on any atom is -0.478 e. The van der Waals surface area contributed by atoms with Crippen LogP contribution in [0.4, 0.5) is 0 Å². The number of aromatic carboxylic acids is 1. The van der Waals surface area contributed by atoms with Crippen LogP contribution in [-0.4, -0.2) is 17.7 Å². The van der Waals surface area contributed by atoms with Crippen LogP contribution in [0.25, 0.3) is 0 Å². The fourth-order valence-electron chi connectivity index (χ4n) is 1.75. The van der Waals surface area contributed by atoms with Gasteiger partial charge >= 0.3 is 5.97 Å². The third-order valence-electron chi connectivity index (χ3n) is 2.50. The zero-order valence-electron chi connectivity index (χ0n) is 10.1. The molecule has 0 aromatic heterocycles. The highest BCUT2D eigenvalue weighted by molar-refractivity contribution is 5.89. The largest absolute Gasteiger partial charge is 0.478 e. The zero-order chi connectivity index (χ0) is 12.7. The van der Waals surface area contributed by atoms with E-state index in [4.69, 9.17) is 9.84 Å². The van der Waals surface area contributed by atoms with Crippen LogP contribution in [0.3, 0.4) is 0 Å². The molecule has 0 unspecified atom stereocenters. The van der Waals surface area contributed by atoms with Crippen molar-refractivity contribution in [3.05, 3.63) is 47.5 Å². The maximum absolute atomic E-state index is 11.1. The first-order valence-electron chi connectivity index (χ1n) is 5.73. The average Bonchev–Trinajstić information content (AvgIpc) is 2.31. The lowest BCUT2D eigenvalue weighted by Gasteiger charge is -2.12. The van der Waals surface area contributed by atoms with Crippen LogP contribution < -0.4 is 0 Å². The third kappa shape index (κ3) is 3.71. The molecule has 17 heavy (non-hydrogen) atoms. The molecule has 3 nitrogen and oxygen atoms in total. The maximum Gasteiger partial charge on any atom is 0.336 e. The van der Waals surface area contributed by atoms with E-state index in [-0.39, 0.29) is 0 Å². The number of hydrogen-bond donors (Lipinski definition) is 1. The number of rotatable bonds is 7. The van der Waals surface area contributed by atoms with Gasteiger partial charge in [-0.05, 0) is 23.6 Å². The number of carbonyl (C=O) groups is 1. The van der Waals surface area contributed by atoms with Crippen molar-refractivity contribution in [2.45, 2.75) is 26.4 Å². The molecular weight excluding hydrogens is 216 g/mol. The SMILES string of the molecule is C=CCOCc1c(CCC)cccc1C(=O)O. The van der Waals surface area contributed by atoms with Crippen molar-refractivity contribution < 1.29 is 14.6 Å². The molecule has 3 heteroatoms. The van der Waals surface area contributed by atoms with Gasteiger partial charge in [0.05, 0.1) is 18.8 Å². The lowest BCUT2D eigenvalue weighted by atomic mass is 9.98. The Morgan fingerprint density at radius 1 is 1.53 bits per heavy atom. The Balaban J connectivity index is 3.00. The molecule has 1 aromatic carbocycles. The highest BCUT2D eigenvalue weighted by Gasteiger charge is 2.13. The third-order valence-corrected chi connectivity index (χ3v) is 2.50. The first-order valence-corrected chi connectivity index (χ1v) is 5.73. The second-order valence-corrected chi connectivity index (χ2v) is 3.80. The molecule has 0 aliphatic heterocycles. The Kier molecular flexibility index (Phi) is 5.43. The molecule has 1 N–H and O–H groups in total. The highest BCUT2D eigenvalue weighted by atomic mass is 16.5. The van der Waals surface area contributed by atoms with Gasteiger partial charge in [0.15, 0.2) is 0 Å². The van der Waals surface area contributed by atoms with Crippen molar-refractivity contribution in [1.82, 2.24) is 0 Å². The summed E-state index contributed by atoms with van der Waals surface area (Å²) in [4.78, 5) is 11.1. The van der Waals surface area contributed by atoms with Crippen molar-refractivity contribution in [1.29, 1.82) is 0 Å². The fraction of sp³-hybridized carbons (Fsp3) is 0.357. The Labute approximate surface area is 102 Å². The molecule has 92 valence electrons. The van der Waals surface area contributed by atoms with E-state index in [9.17, 15) is 4.79 Å². The number of hydrogen-bond acceptors (Lipinski definition) is 2. The first-order chi connectivity index (χ1) is 8.20. The quantitative estimate of drug-likeness (QED) is 0.582. The van der Waals surface area contributed by atoms with Crippen molar-refractivity contribution >= 4 is 5.97 Å². The van der Waals surface area contributed by atoms with Crippen molar-refractivity contribution in [3.8, 4) is 0 Å². The van der Waals surface area contributed by atoms with Gasteiger partial charge < -0.3 is 9.84 Å². The maximum atomic E-state index is 11.1. The van der Waals surface area contributed by atoms with E-state index in [1.54, 1.807) is 18.2 Å². The molecular formula is C14H18O3. The smallest absolute Gasteiger partial charge is 0.336 e. The molecule has 0 atom stereocenters. The topological polar surface area (TPSA) is 46.5 Å². The van der Waals surface area contributed by atoms with E-state index in [2.05, 4.69) is 13.5 Å². The van der Waals surface area contributed by atoms with Crippen molar-refractivity contribution in [2.75, 3.05) is 6.61 Å². The molecule has 1 rings (SSSR count).